The van der Waals surface area contributed by atoms with Gasteiger partial charge in [-0.25, -0.2) is 16.8 Å². The van der Waals surface area contributed by atoms with Crippen LogP contribution in [0.1, 0.15) is 19.4 Å². The average molecular weight is 570 g/mol. The van der Waals surface area contributed by atoms with Gasteiger partial charge in [-0.2, -0.15) is 5.06 Å². The van der Waals surface area contributed by atoms with Crippen LogP contribution in [0.5, 0.6) is 11.5 Å². The molecule has 0 aliphatic carbocycles. The van der Waals surface area contributed by atoms with Crippen LogP contribution in [0.25, 0.3) is 0 Å². The molecule has 210 valence electrons. The Bertz CT molecular complexity index is 1340. The van der Waals surface area contributed by atoms with Crippen molar-refractivity contribution in [2.75, 3.05) is 37.6 Å². The Balaban J connectivity index is 1.67. The lowest BCUT2D eigenvalue weighted by molar-refractivity contribution is -0.182. The number of amides is 1. The number of hydroxylamine groups is 2. The number of hydrogen-bond acceptors (Lipinski definition) is 10. The number of ether oxygens (including phenoxy) is 2. The minimum atomic E-state index is -3.81. The van der Waals surface area contributed by atoms with Crippen molar-refractivity contribution in [1.82, 2.24) is 10.4 Å². The molecule has 1 aliphatic heterocycles. The molecule has 1 amide bonds. The fourth-order valence-corrected chi connectivity index (χ4v) is 6.91. The van der Waals surface area contributed by atoms with Gasteiger partial charge in [0, 0.05) is 25.4 Å². The summed E-state index contributed by atoms with van der Waals surface area (Å²) in [6.07, 6.45) is 1.57. The molecule has 1 unspecified atom stereocenters. The normalized spacial score (nSPS) is 16.6. The van der Waals surface area contributed by atoms with Crippen molar-refractivity contribution < 1.29 is 36.3 Å². The van der Waals surface area contributed by atoms with E-state index in [1.165, 1.54) is 18.2 Å². The van der Waals surface area contributed by atoms with Crippen molar-refractivity contribution in [3.8, 4) is 11.5 Å². The van der Waals surface area contributed by atoms with E-state index in [1.807, 2.05) is 37.3 Å². The second kappa shape index (κ2) is 12.0. The van der Waals surface area contributed by atoms with Gasteiger partial charge in [0.2, 0.25) is 6.79 Å². The molecule has 0 spiro atoms. The minimum absolute atomic E-state index is 0.000720. The van der Waals surface area contributed by atoms with Gasteiger partial charge in [-0.05, 0) is 36.0 Å². The molecule has 0 bridgehead atoms. The fourth-order valence-electron chi connectivity index (χ4n) is 4.22. The summed E-state index contributed by atoms with van der Waals surface area (Å²) in [7, 11) is -7.62. The summed E-state index contributed by atoms with van der Waals surface area (Å²) in [5.41, 5.74) is 4.95. The predicted octanol–water partition coefficient (Wildman–Crippen LogP) is 1.21. The van der Waals surface area contributed by atoms with Crippen molar-refractivity contribution in [1.29, 1.82) is 0 Å². The Morgan fingerprint density at radius 3 is 2.39 bits per heavy atom. The zero-order chi connectivity index (χ0) is 28.1. The molecule has 3 atom stereocenters. The Labute approximate surface area is 223 Å². The van der Waals surface area contributed by atoms with E-state index < -0.39 is 48.7 Å². The van der Waals surface area contributed by atoms with Gasteiger partial charge < -0.3 is 25.7 Å². The molecule has 2 aromatic carbocycles. The van der Waals surface area contributed by atoms with Gasteiger partial charge in [0.15, 0.2) is 36.8 Å². The highest BCUT2D eigenvalue weighted by Gasteiger charge is 2.44. The molecule has 1 aliphatic rings. The first-order chi connectivity index (χ1) is 17.7. The van der Waals surface area contributed by atoms with Gasteiger partial charge in [0.25, 0.3) is 5.91 Å². The number of benzene rings is 2. The van der Waals surface area contributed by atoms with E-state index in [4.69, 9.17) is 15.2 Å². The molecule has 0 saturated heterocycles. The SMILES string of the molecule is C[C@H](CNC(=O)C(N)(CS(C)(=O)=O)N(O)C[C@@H](C)CS(=O)(=O)c1ccc2c(c1)OCO2)Cc1ccccc1. The van der Waals surface area contributed by atoms with Crippen LogP contribution in [0, 0.1) is 11.8 Å². The van der Waals surface area contributed by atoms with Gasteiger partial charge in [-0.15, -0.1) is 0 Å². The second-order valence-corrected chi connectivity index (χ2v) is 14.2. The van der Waals surface area contributed by atoms with Crippen molar-refractivity contribution in [3.05, 3.63) is 54.1 Å². The summed E-state index contributed by atoms with van der Waals surface area (Å²) in [5, 5.41) is 13.9. The molecule has 3 rings (SSSR count). The summed E-state index contributed by atoms with van der Waals surface area (Å²) in [4.78, 5) is 13.1. The standard InChI is InChI=1S/C25H35N3O8S2/c1-18(11-20-7-5-4-6-8-20)13-27-24(29)25(26,16-37(3,31)32)28(30)14-19(2)15-38(33,34)21-9-10-22-23(12-21)36-17-35-22/h4-10,12,18-19,30H,11,13-17,26H2,1-3H3,(H,27,29)/t18-,19+,25?/m0/s1. The number of sulfone groups is 2. The first kappa shape index (κ1) is 29.8. The first-order valence-electron chi connectivity index (χ1n) is 12.1. The van der Waals surface area contributed by atoms with Crippen LogP contribution in [-0.2, 0) is 30.9 Å². The van der Waals surface area contributed by atoms with Gasteiger partial charge in [-0.1, -0.05) is 44.2 Å². The predicted molar refractivity (Wildman–Crippen MR) is 141 cm³/mol. The van der Waals surface area contributed by atoms with Gasteiger partial charge in [-0.3, -0.25) is 4.79 Å². The number of carbonyl (C=O) groups excluding carboxylic acids is 1. The number of nitrogens with zero attached hydrogens (tertiary/aromatic N) is 1. The van der Waals surface area contributed by atoms with E-state index in [0.29, 0.717) is 23.0 Å². The van der Waals surface area contributed by atoms with Crippen LogP contribution in [0.3, 0.4) is 0 Å². The van der Waals surface area contributed by atoms with Crippen LogP contribution in [0.15, 0.2) is 53.4 Å². The molecule has 13 heteroatoms. The summed E-state index contributed by atoms with van der Waals surface area (Å²) in [5.74, 6) is -2.10. The lowest BCUT2D eigenvalue weighted by Crippen LogP contribution is -2.68. The smallest absolute Gasteiger partial charge is 0.258 e. The number of hydrogen-bond donors (Lipinski definition) is 3. The van der Waals surface area contributed by atoms with E-state index in [9.17, 15) is 26.8 Å². The highest BCUT2D eigenvalue weighted by Crippen LogP contribution is 2.34. The summed E-state index contributed by atoms with van der Waals surface area (Å²) < 4.78 is 60.6. The van der Waals surface area contributed by atoms with Crippen molar-refractivity contribution in [2.45, 2.75) is 30.8 Å². The van der Waals surface area contributed by atoms with Gasteiger partial charge >= 0.3 is 0 Å². The van der Waals surface area contributed by atoms with E-state index in [2.05, 4.69) is 5.32 Å². The third kappa shape index (κ3) is 7.90. The molecule has 1 heterocycles. The summed E-state index contributed by atoms with van der Waals surface area (Å²) in [6, 6.07) is 13.9. The molecule has 2 aromatic rings. The van der Waals surface area contributed by atoms with Crippen LogP contribution < -0.4 is 20.5 Å². The summed E-state index contributed by atoms with van der Waals surface area (Å²) in [6.45, 7) is 3.29. The maximum Gasteiger partial charge on any atom is 0.258 e. The van der Waals surface area contributed by atoms with Gasteiger partial charge in [0.1, 0.15) is 0 Å². The maximum absolute atomic E-state index is 13.1. The molecule has 0 radical (unpaired) electrons. The third-order valence-electron chi connectivity index (χ3n) is 6.07. The zero-order valence-electron chi connectivity index (χ0n) is 21.7. The lowest BCUT2D eigenvalue weighted by atomic mass is 10.0. The molecule has 38 heavy (non-hydrogen) atoms. The van der Waals surface area contributed by atoms with Crippen LogP contribution in [0.2, 0.25) is 0 Å². The minimum Gasteiger partial charge on any atom is -0.454 e. The number of nitrogens with one attached hydrogen (secondary N) is 1. The molecular weight excluding hydrogens is 534 g/mol. The van der Waals surface area contributed by atoms with Crippen molar-refractivity contribution in [2.24, 2.45) is 17.6 Å². The average Bonchev–Trinajstić information content (AvgIpc) is 3.29. The third-order valence-corrected chi connectivity index (χ3v) is 9.01. The van der Waals surface area contributed by atoms with Crippen LogP contribution in [-0.4, -0.2) is 76.3 Å². The Morgan fingerprint density at radius 2 is 1.74 bits per heavy atom. The Hall–Kier alpha value is -2.71. The van der Waals surface area contributed by atoms with Crippen molar-refractivity contribution >= 4 is 25.6 Å². The number of carbonyl (C=O) groups is 1. The second-order valence-electron chi connectivity index (χ2n) is 9.98. The monoisotopic (exact) mass is 569 g/mol. The van der Waals surface area contributed by atoms with E-state index in [0.717, 1.165) is 11.8 Å². The quantitative estimate of drug-likeness (QED) is 0.236. The fraction of sp³-hybridized carbons (Fsp3) is 0.480. The Kier molecular flexibility index (Phi) is 9.42. The molecule has 11 nitrogen and oxygen atoms in total. The molecule has 0 aromatic heterocycles. The molecule has 0 fully saturated rings. The zero-order valence-corrected chi connectivity index (χ0v) is 23.3. The van der Waals surface area contributed by atoms with Gasteiger partial charge in [0.05, 0.1) is 16.4 Å². The van der Waals surface area contributed by atoms with E-state index in [1.54, 1.807) is 6.92 Å². The summed E-state index contributed by atoms with van der Waals surface area (Å²) >= 11 is 0. The van der Waals surface area contributed by atoms with E-state index in [-0.39, 0.29) is 30.7 Å². The first-order valence-corrected chi connectivity index (χ1v) is 15.8. The number of fused-ring (bicyclic) bond motifs is 1. The maximum atomic E-state index is 13.1. The highest BCUT2D eigenvalue weighted by atomic mass is 32.2. The highest BCUT2D eigenvalue weighted by molar-refractivity contribution is 7.91. The van der Waals surface area contributed by atoms with Crippen LogP contribution >= 0.6 is 0 Å². The van der Waals surface area contributed by atoms with E-state index >= 15 is 0 Å². The lowest BCUT2D eigenvalue weighted by Gasteiger charge is -2.36. The molecule has 0 saturated carbocycles. The Morgan fingerprint density at radius 1 is 1.08 bits per heavy atom. The topological polar surface area (TPSA) is 165 Å². The number of rotatable bonds is 13. The van der Waals surface area contributed by atoms with Crippen molar-refractivity contribution in [3.63, 3.8) is 0 Å². The molecular formula is C25H35N3O8S2. The largest absolute Gasteiger partial charge is 0.454 e. The molecule has 4 N–H and O–H groups in total. The van der Waals surface area contributed by atoms with Crippen LogP contribution in [0.4, 0.5) is 0 Å². The number of nitrogens with two attached hydrogens (primary N) is 1.